The first-order valence-corrected chi connectivity index (χ1v) is 7.64. The first kappa shape index (κ1) is 16.8. The fourth-order valence-corrected chi connectivity index (χ4v) is 2.49. The summed E-state index contributed by atoms with van der Waals surface area (Å²) in [5.74, 6) is -1.25. The summed E-state index contributed by atoms with van der Waals surface area (Å²) >= 11 is 0. The summed E-state index contributed by atoms with van der Waals surface area (Å²) in [4.78, 5) is 24.1. The molecule has 0 heterocycles. The lowest BCUT2D eigenvalue weighted by molar-refractivity contribution is -0.140. The maximum absolute atomic E-state index is 12.7. The van der Waals surface area contributed by atoms with Crippen LogP contribution in [0.5, 0.6) is 5.75 Å². The summed E-state index contributed by atoms with van der Waals surface area (Å²) in [7, 11) is 0. The zero-order valence-corrected chi connectivity index (χ0v) is 13.5. The van der Waals surface area contributed by atoms with Crippen molar-refractivity contribution in [3.63, 3.8) is 0 Å². The molecule has 23 heavy (non-hydrogen) atoms. The van der Waals surface area contributed by atoms with Crippen molar-refractivity contribution >= 4 is 22.6 Å². The Hall–Kier alpha value is -2.56. The minimum Gasteiger partial charge on any atom is -0.493 e. The van der Waals surface area contributed by atoms with Crippen LogP contribution in [0.1, 0.15) is 31.1 Å². The molecular formula is C18H21NO4. The molecular weight excluding hydrogens is 294 g/mol. The van der Waals surface area contributed by atoms with E-state index in [4.69, 9.17) is 4.74 Å². The van der Waals surface area contributed by atoms with E-state index in [0.29, 0.717) is 17.9 Å². The molecule has 2 N–H and O–H groups in total. The number of hydrogen-bond acceptors (Lipinski definition) is 3. The Morgan fingerprint density at radius 2 is 1.87 bits per heavy atom. The van der Waals surface area contributed by atoms with Crippen LogP contribution in [0.25, 0.3) is 10.8 Å². The number of aliphatic carboxylic acids is 1. The van der Waals surface area contributed by atoms with Crippen molar-refractivity contribution in [2.24, 2.45) is 5.92 Å². The molecule has 0 saturated heterocycles. The van der Waals surface area contributed by atoms with Crippen molar-refractivity contribution in [2.75, 3.05) is 6.61 Å². The first-order chi connectivity index (χ1) is 11.0. The summed E-state index contributed by atoms with van der Waals surface area (Å²) in [5.41, 5.74) is 0.372. The molecule has 0 spiro atoms. The Bertz CT molecular complexity index is 724. The van der Waals surface area contributed by atoms with Gasteiger partial charge in [0, 0.05) is 0 Å². The van der Waals surface area contributed by atoms with Gasteiger partial charge in [-0.1, -0.05) is 44.2 Å². The summed E-state index contributed by atoms with van der Waals surface area (Å²) < 4.78 is 5.56. The molecule has 5 nitrogen and oxygen atoms in total. The van der Waals surface area contributed by atoms with Gasteiger partial charge in [0.1, 0.15) is 11.8 Å². The van der Waals surface area contributed by atoms with Gasteiger partial charge < -0.3 is 15.2 Å². The Kier molecular flexibility index (Phi) is 5.21. The molecule has 122 valence electrons. The van der Waals surface area contributed by atoms with Gasteiger partial charge >= 0.3 is 5.97 Å². The number of rotatable bonds is 6. The van der Waals surface area contributed by atoms with Crippen LogP contribution in [0.4, 0.5) is 0 Å². The Labute approximate surface area is 135 Å². The van der Waals surface area contributed by atoms with E-state index in [1.807, 2.05) is 37.3 Å². The SMILES string of the molecule is CCOc1ccc2ccccc2c1C(=O)NC(C(=O)O)C(C)C. The Morgan fingerprint density at radius 3 is 2.48 bits per heavy atom. The van der Waals surface area contributed by atoms with E-state index in [-0.39, 0.29) is 5.92 Å². The highest BCUT2D eigenvalue weighted by molar-refractivity contribution is 6.10. The zero-order chi connectivity index (χ0) is 17.0. The Morgan fingerprint density at radius 1 is 1.17 bits per heavy atom. The molecule has 0 saturated carbocycles. The van der Waals surface area contributed by atoms with Crippen molar-refractivity contribution in [1.82, 2.24) is 5.32 Å². The van der Waals surface area contributed by atoms with Gasteiger partial charge in [-0.3, -0.25) is 4.79 Å². The van der Waals surface area contributed by atoms with E-state index >= 15 is 0 Å². The third kappa shape index (κ3) is 3.62. The third-order valence-electron chi connectivity index (χ3n) is 3.64. The number of carboxylic acids is 1. The average molecular weight is 315 g/mol. The normalized spacial score (nSPS) is 12.2. The summed E-state index contributed by atoms with van der Waals surface area (Å²) in [6.07, 6.45) is 0. The summed E-state index contributed by atoms with van der Waals surface area (Å²) in [6.45, 7) is 5.77. The molecule has 2 aromatic rings. The van der Waals surface area contributed by atoms with Gasteiger partial charge in [-0.05, 0) is 29.7 Å². The molecule has 1 unspecified atom stereocenters. The van der Waals surface area contributed by atoms with Crippen LogP contribution < -0.4 is 10.1 Å². The molecule has 0 bridgehead atoms. The molecule has 0 aliphatic rings. The molecule has 2 rings (SSSR count). The van der Waals surface area contributed by atoms with Crippen LogP contribution in [-0.4, -0.2) is 29.6 Å². The molecule has 1 amide bonds. The highest BCUT2D eigenvalue weighted by atomic mass is 16.5. The fraction of sp³-hybridized carbons (Fsp3) is 0.333. The maximum atomic E-state index is 12.7. The van der Waals surface area contributed by atoms with Crippen molar-refractivity contribution in [2.45, 2.75) is 26.8 Å². The fourth-order valence-electron chi connectivity index (χ4n) is 2.49. The number of benzene rings is 2. The van der Waals surface area contributed by atoms with Gasteiger partial charge in [-0.15, -0.1) is 0 Å². The van der Waals surface area contributed by atoms with Gasteiger partial charge in [0.05, 0.1) is 12.2 Å². The van der Waals surface area contributed by atoms with Crippen LogP contribution in [0.15, 0.2) is 36.4 Å². The number of carboxylic acid groups (broad SMARTS) is 1. The smallest absolute Gasteiger partial charge is 0.326 e. The minimum absolute atomic E-state index is 0.220. The second kappa shape index (κ2) is 7.13. The van der Waals surface area contributed by atoms with E-state index in [1.54, 1.807) is 19.9 Å². The number of carbonyl (C=O) groups excluding carboxylic acids is 1. The van der Waals surface area contributed by atoms with Crippen LogP contribution in [-0.2, 0) is 4.79 Å². The lowest BCUT2D eigenvalue weighted by Gasteiger charge is -2.20. The van der Waals surface area contributed by atoms with E-state index in [9.17, 15) is 14.7 Å². The standard InChI is InChI=1S/C18H21NO4/c1-4-23-14-10-9-12-7-5-6-8-13(12)15(14)17(20)19-16(11(2)3)18(21)22/h5-11,16H,4H2,1-3H3,(H,19,20)(H,21,22). The molecule has 0 aliphatic heterocycles. The zero-order valence-electron chi connectivity index (χ0n) is 13.5. The number of hydrogen-bond donors (Lipinski definition) is 2. The lowest BCUT2D eigenvalue weighted by Crippen LogP contribution is -2.44. The summed E-state index contributed by atoms with van der Waals surface area (Å²) in [6, 6.07) is 10.1. The molecule has 0 aromatic heterocycles. The van der Waals surface area contributed by atoms with E-state index < -0.39 is 17.9 Å². The van der Waals surface area contributed by atoms with E-state index in [0.717, 1.165) is 10.8 Å². The minimum atomic E-state index is -1.05. The molecule has 0 radical (unpaired) electrons. The van der Waals surface area contributed by atoms with Crippen LogP contribution in [0.2, 0.25) is 0 Å². The average Bonchev–Trinajstić information content (AvgIpc) is 2.51. The predicted octanol–water partition coefficient (Wildman–Crippen LogP) is 3.08. The topological polar surface area (TPSA) is 75.6 Å². The van der Waals surface area contributed by atoms with Gasteiger partial charge in [-0.25, -0.2) is 4.79 Å². The Balaban J connectivity index is 2.49. The second-order valence-corrected chi connectivity index (χ2v) is 5.63. The first-order valence-electron chi connectivity index (χ1n) is 7.64. The number of fused-ring (bicyclic) bond motifs is 1. The number of amides is 1. The molecule has 1 atom stereocenters. The monoisotopic (exact) mass is 315 g/mol. The van der Waals surface area contributed by atoms with E-state index in [2.05, 4.69) is 5.32 Å². The number of carbonyl (C=O) groups is 2. The maximum Gasteiger partial charge on any atom is 0.326 e. The molecule has 5 heteroatoms. The number of nitrogens with one attached hydrogen (secondary N) is 1. The van der Waals surface area contributed by atoms with Gasteiger partial charge in [-0.2, -0.15) is 0 Å². The lowest BCUT2D eigenvalue weighted by atomic mass is 10.0. The molecule has 0 aliphatic carbocycles. The van der Waals surface area contributed by atoms with Crippen molar-refractivity contribution in [3.05, 3.63) is 42.0 Å². The largest absolute Gasteiger partial charge is 0.493 e. The van der Waals surface area contributed by atoms with Crippen LogP contribution in [0.3, 0.4) is 0 Å². The third-order valence-corrected chi connectivity index (χ3v) is 3.64. The van der Waals surface area contributed by atoms with Crippen molar-refractivity contribution in [3.8, 4) is 5.75 Å². The van der Waals surface area contributed by atoms with Gasteiger partial charge in [0.15, 0.2) is 0 Å². The predicted molar refractivity (Wildman–Crippen MR) is 88.8 cm³/mol. The highest BCUT2D eigenvalue weighted by Crippen LogP contribution is 2.28. The van der Waals surface area contributed by atoms with Crippen LogP contribution in [0, 0.1) is 5.92 Å². The van der Waals surface area contributed by atoms with Gasteiger partial charge in [0.2, 0.25) is 0 Å². The van der Waals surface area contributed by atoms with Crippen molar-refractivity contribution < 1.29 is 19.4 Å². The van der Waals surface area contributed by atoms with Crippen LogP contribution >= 0.6 is 0 Å². The highest BCUT2D eigenvalue weighted by Gasteiger charge is 2.26. The molecule has 0 fully saturated rings. The quantitative estimate of drug-likeness (QED) is 0.859. The van der Waals surface area contributed by atoms with Gasteiger partial charge in [0.25, 0.3) is 5.91 Å². The van der Waals surface area contributed by atoms with Crippen molar-refractivity contribution in [1.29, 1.82) is 0 Å². The van der Waals surface area contributed by atoms with E-state index in [1.165, 1.54) is 0 Å². The number of ether oxygens (including phenoxy) is 1. The summed E-state index contributed by atoms with van der Waals surface area (Å²) in [5, 5.41) is 13.5. The second-order valence-electron chi connectivity index (χ2n) is 5.63. The molecule has 2 aromatic carbocycles.